The van der Waals surface area contributed by atoms with Crippen molar-refractivity contribution in [2.75, 3.05) is 38.5 Å². The van der Waals surface area contributed by atoms with Gasteiger partial charge in [-0.2, -0.15) is 0 Å². The van der Waals surface area contributed by atoms with Gasteiger partial charge < -0.3 is 23.8 Å². The summed E-state index contributed by atoms with van der Waals surface area (Å²) in [7, 11) is 0. The van der Waals surface area contributed by atoms with Crippen LogP contribution in [-0.2, 0) is 9.59 Å². The van der Waals surface area contributed by atoms with E-state index in [1.54, 1.807) is 11.0 Å². The predicted octanol–water partition coefficient (Wildman–Crippen LogP) is 2.69. The van der Waals surface area contributed by atoms with Gasteiger partial charge in [0, 0.05) is 32.2 Å². The number of hydrogen-bond acceptors (Lipinski definition) is 7. The quantitative estimate of drug-likeness (QED) is 0.602. The molecule has 0 N–H and O–H groups in total. The van der Waals surface area contributed by atoms with E-state index in [0.717, 1.165) is 23.8 Å². The Kier molecular flexibility index (Phi) is 6.94. The fourth-order valence-electron chi connectivity index (χ4n) is 4.95. The lowest BCUT2D eigenvalue weighted by Crippen LogP contribution is -2.55. The highest BCUT2D eigenvalue weighted by molar-refractivity contribution is 7.99. The molecule has 1 atom stereocenters. The van der Waals surface area contributed by atoms with Crippen LogP contribution in [0.25, 0.3) is 0 Å². The molecule has 10 heteroatoms. The monoisotopic (exact) mass is 485 g/mol. The molecule has 9 nitrogen and oxygen atoms in total. The number of fused-ring (bicyclic) bond motifs is 1. The van der Waals surface area contributed by atoms with Crippen molar-refractivity contribution >= 4 is 23.6 Å². The van der Waals surface area contributed by atoms with E-state index in [4.69, 9.17) is 9.47 Å². The zero-order chi connectivity index (χ0) is 23.5. The Bertz CT molecular complexity index is 1030. The summed E-state index contributed by atoms with van der Waals surface area (Å²) in [5.74, 6) is 2.48. The number of hydrogen-bond donors (Lipinski definition) is 0. The minimum absolute atomic E-state index is 0.0686. The summed E-state index contributed by atoms with van der Waals surface area (Å²) in [6.45, 7) is 4.21. The van der Waals surface area contributed by atoms with Gasteiger partial charge in [-0.1, -0.05) is 43.2 Å². The average Bonchev–Trinajstić information content (AvgIpc) is 3.27. The molecule has 182 valence electrons. The molecule has 1 saturated heterocycles. The molecule has 1 aromatic carbocycles. The molecule has 1 aliphatic carbocycles. The lowest BCUT2D eigenvalue weighted by molar-refractivity contribution is -0.145. The van der Waals surface area contributed by atoms with Gasteiger partial charge in [0.2, 0.25) is 12.0 Å². The van der Waals surface area contributed by atoms with E-state index in [-0.39, 0.29) is 18.4 Å². The number of benzene rings is 1. The first-order valence-electron chi connectivity index (χ1n) is 12.1. The molecule has 5 rings (SSSR count). The van der Waals surface area contributed by atoms with Crippen LogP contribution in [0.15, 0.2) is 29.4 Å². The van der Waals surface area contributed by atoms with Gasteiger partial charge in [-0.3, -0.25) is 9.59 Å². The van der Waals surface area contributed by atoms with Crippen molar-refractivity contribution in [1.29, 1.82) is 0 Å². The van der Waals surface area contributed by atoms with Gasteiger partial charge in [-0.25, -0.2) is 0 Å². The van der Waals surface area contributed by atoms with Crippen LogP contribution in [0.1, 0.15) is 44.0 Å². The van der Waals surface area contributed by atoms with Crippen LogP contribution < -0.4 is 9.47 Å². The third kappa shape index (κ3) is 4.87. The van der Waals surface area contributed by atoms with Crippen molar-refractivity contribution in [3.63, 3.8) is 0 Å². The predicted molar refractivity (Wildman–Crippen MR) is 127 cm³/mol. The van der Waals surface area contributed by atoms with Crippen LogP contribution in [0.5, 0.6) is 11.5 Å². The number of amides is 2. The molecule has 0 unspecified atom stereocenters. The maximum atomic E-state index is 12.9. The Balaban J connectivity index is 1.11. The average molecular weight is 486 g/mol. The Labute approximate surface area is 203 Å². The smallest absolute Gasteiger partial charge is 0.267 e. The Morgan fingerprint density at radius 1 is 1.00 bits per heavy atom. The summed E-state index contributed by atoms with van der Waals surface area (Å²) < 4.78 is 13.8. The molecule has 1 saturated carbocycles. The van der Waals surface area contributed by atoms with Crippen LogP contribution in [0, 0.1) is 6.92 Å². The first kappa shape index (κ1) is 23.0. The molecule has 0 spiro atoms. The highest BCUT2D eigenvalue weighted by Gasteiger charge is 2.33. The maximum absolute atomic E-state index is 12.9. The van der Waals surface area contributed by atoms with Crippen LogP contribution in [0.4, 0.5) is 0 Å². The van der Waals surface area contributed by atoms with Crippen LogP contribution >= 0.6 is 11.8 Å². The fourth-order valence-corrected chi connectivity index (χ4v) is 5.90. The standard InChI is InChI=1S/C24H31N5O4S/c1-17-25-26-24(29(17)18-7-3-2-4-8-18)34-16-22(30)27-11-13-28(14-12-27)23(31)21-15-32-19-9-5-6-10-20(19)33-21/h5-6,9-10,18,21H,2-4,7-8,11-16H2,1H3/t21-/m0/s1. The van der Waals surface area contributed by atoms with E-state index in [1.807, 2.05) is 30.0 Å². The number of carbonyl (C=O) groups is 2. The second-order valence-corrected chi connectivity index (χ2v) is 9.99. The molecule has 0 radical (unpaired) electrons. The molecule has 2 amide bonds. The molecule has 0 bridgehead atoms. The van der Waals surface area contributed by atoms with Crippen LogP contribution in [0.3, 0.4) is 0 Å². The van der Waals surface area contributed by atoms with Crippen LogP contribution in [0.2, 0.25) is 0 Å². The number of thioether (sulfide) groups is 1. The van der Waals surface area contributed by atoms with E-state index in [2.05, 4.69) is 14.8 Å². The normalized spacial score (nSPS) is 20.9. The molecule has 2 aliphatic heterocycles. The van der Waals surface area contributed by atoms with Gasteiger partial charge in [0.1, 0.15) is 12.4 Å². The summed E-state index contributed by atoms with van der Waals surface area (Å²) in [5, 5.41) is 9.44. The molecule has 1 aromatic heterocycles. The number of aromatic nitrogens is 3. The molecule has 3 heterocycles. The van der Waals surface area contributed by atoms with Crippen molar-refractivity contribution in [1.82, 2.24) is 24.6 Å². The Morgan fingerprint density at radius 2 is 1.71 bits per heavy atom. The van der Waals surface area contributed by atoms with Gasteiger partial charge in [0.05, 0.1) is 5.75 Å². The van der Waals surface area contributed by atoms with Crippen LogP contribution in [-0.4, -0.2) is 81.0 Å². The molecular weight excluding hydrogens is 454 g/mol. The van der Waals surface area contributed by atoms with E-state index in [9.17, 15) is 9.59 Å². The molecule has 34 heavy (non-hydrogen) atoms. The maximum Gasteiger partial charge on any atom is 0.267 e. The van der Waals surface area contributed by atoms with Crippen molar-refractivity contribution in [2.24, 2.45) is 0 Å². The van der Waals surface area contributed by atoms with Gasteiger partial charge >= 0.3 is 0 Å². The molecular formula is C24H31N5O4S. The number of piperazine rings is 1. The van der Waals surface area contributed by atoms with Gasteiger partial charge in [0.25, 0.3) is 5.91 Å². The molecule has 2 fully saturated rings. The van der Waals surface area contributed by atoms with Gasteiger partial charge in [0.15, 0.2) is 16.7 Å². The summed E-state index contributed by atoms with van der Waals surface area (Å²) in [4.78, 5) is 29.4. The third-order valence-corrected chi connectivity index (χ3v) is 7.76. The van der Waals surface area contributed by atoms with Gasteiger partial charge in [-0.05, 0) is 31.9 Å². The molecule has 3 aliphatic rings. The molecule has 2 aromatic rings. The van der Waals surface area contributed by atoms with Crippen molar-refractivity contribution < 1.29 is 19.1 Å². The zero-order valence-corrected chi connectivity index (χ0v) is 20.3. The fraction of sp³-hybridized carbons (Fsp3) is 0.583. The SMILES string of the molecule is Cc1nnc(SCC(=O)N2CCN(C(=O)[C@@H]3COc4ccccc4O3)CC2)n1C1CCCCC1. The number of aryl methyl sites for hydroxylation is 1. The number of nitrogens with zero attached hydrogens (tertiary/aromatic N) is 5. The highest BCUT2D eigenvalue weighted by Crippen LogP contribution is 2.33. The number of para-hydroxylation sites is 2. The first-order valence-corrected chi connectivity index (χ1v) is 13.1. The second kappa shape index (κ2) is 10.2. The summed E-state index contributed by atoms with van der Waals surface area (Å²) in [6.07, 6.45) is 5.41. The topological polar surface area (TPSA) is 89.8 Å². The lowest BCUT2D eigenvalue weighted by Gasteiger charge is -2.37. The van der Waals surface area contributed by atoms with Crippen molar-refractivity contribution in [3.05, 3.63) is 30.1 Å². The largest absolute Gasteiger partial charge is 0.485 e. The minimum Gasteiger partial charge on any atom is -0.485 e. The van der Waals surface area contributed by atoms with Gasteiger partial charge in [-0.15, -0.1) is 10.2 Å². The first-order chi connectivity index (χ1) is 16.6. The highest BCUT2D eigenvalue weighted by atomic mass is 32.2. The van der Waals surface area contributed by atoms with Crippen molar-refractivity contribution in [2.45, 2.75) is 56.3 Å². The van der Waals surface area contributed by atoms with E-state index >= 15 is 0 Å². The number of rotatable bonds is 5. The minimum atomic E-state index is -0.651. The Morgan fingerprint density at radius 3 is 2.47 bits per heavy atom. The second-order valence-electron chi connectivity index (χ2n) is 9.05. The van der Waals surface area contributed by atoms with E-state index in [0.29, 0.717) is 49.5 Å². The third-order valence-electron chi connectivity index (χ3n) is 6.83. The summed E-state index contributed by atoms with van der Waals surface area (Å²) in [5.41, 5.74) is 0. The summed E-state index contributed by atoms with van der Waals surface area (Å²) >= 11 is 1.47. The number of carbonyl (C=O) groups excluding carboxylic acids is 2. The summed E-state index contributed by atoms with van der Waals surface area (Å²) in [6, 6.07) is 7.81. The van der Waals surface area contributed by atoms with E-state index < -0.39 is 6.10 Å². The Hall–Kier alpha value is -2.75. The number of ether oxygens (including phenoxy) is 2. The van der Waals surface area contributed by atoms with E-state index in [1.165, 1.54) is 31.0 Å². The lowest BCUT2D eigenvalue weighted by atomic mass is 9.95. The zero-order valence-electron chi connectivity index (χ0n) is 19.5. The van der Waals surface area contributed by atoms with Crippen molar-refractivity contribution in [3.8, 4) is 11.5 Å².